The minimum Gasteiger partial charge on any atom is -0.394 e. The zero-order valence-electron chi connectivity index (χ0n) is 12.1. The van der Waals surface area contributed by atoms with Gasteiger partial charge in [-0.3, -0.25) is 0 Å². The molecule has 0 fully saturated rings. The van der Waals surface area contributed by atoms with E-state index in [4.69, 9.17) is 0 Å². The lowest BCUT2D eigenvalue weighted by Crippen LogP contribution is -2.42. The Morgan fingerprint density at radius 3 is 2.68 bits per heavy atom. The van der Waals surface area contributed by atoms with E-state index in [-0.39, 0.29) is 12.1 Å². The molecule has 3 nitrogen and oxygen atoms in total. The van der Waals surface area contributed by atoms with Crippen molar-refractivity contribution in [2.24, 2.45) is 0 Å². The lowest BCUT2D eigenvalue weighted by Gasteiger charge is -2.23. The number of aromatic nitrogens is 1. The Kier molecular flexibility index (Phi) is 4.27. The smallest absolute Gasteiger partial charge is 0.0607 e. The van der Waals surface area contributed by atoms with Crippen molar-refractivity contribution in [2.75, 3.05) is 6.61 Å². The number of hydrogen-bond acceptors (Lipinski definition) is 2. The lowest BCUT2D eigenvalue weighted by atomic mass is 10.1. The van der Waals surface area contributed by atoms with Gasteiger partial charge in [-0.15, -0.1) is 0 Å². The molecule has 1 aromatic heterocycles. The summed E-state index contributed by atoms with van der Waals surface area (Å²) in [7, 11) is 0. The quantitative estimate of drug-likeness (QED) is 0.838. The Bertz CT molecular complexity index is 543. The number of hydrogen-bond donors (Lipinski definition) is 2. The largest absolute Gasteiger partial charge is 0.394 e. The van der Waals surface area contributed by atoms with Gasteiger partial charge in [0.1, 0.15) is 0 Å². The van der Waals surface area contributed by atoms with Crippen LogP contribution in [0.1, 0.15) is 32.8 Å². The molecule has 2 aromatic rings. The minimum atomic E-state index is -0.242. The van der Waals surface area contributed by atoms with Gasteiger partial charge in [0.15, 0.2) is 0 Å². The van der Waals surface area contributed by atoms with Crippen LogP contribution in [0.4, 0.5) is 0 Å². The molecule has 0 bridgehead atoms. The van der Waals surface area contributed by atoms with Gasteiger partial charge in [-0.1, -0.05) is 25.1 Å². The van der Waals surface area contributed by atoms with E-state index in [0.29, 0.717) is 0 Å². The standard InChI is InChI=1S/C16H24N2O/c1-4-9-18-11-13(10-17-16(2,3)12-19)14-7-5-6-8-15(14)18/h5-8,11,17,19H,4,9-10,12H2,1-3H3. The van der Waals surface area contributed by atoms with Crippen molar-refractivity contribution in [3.05, 3.63) is 36.0 Å². The Labute approximate surface area is 115 Å². The molecule has 0 amide bonds. The van der Waals surface area contributed by atoms with Crippen LogP contribution in [0.2, 0.25) is 0 Å². The van der Waals surface area contributed by atoms with E-state index in [2.05, 4.69) is 47.3 Å². The summed E-state index contributed by atoms with van der Waals surface area (Å²) in [6.45, 7) is 8.19. The molecule has 0 atom stereocenters. The number of nitrogens with zero attached hydrogens (tertiary/aromatic N) is 1. The molecule has 2 rings (SSSR count). The monoisotopic (exact) mass is 260 g/mol. The second-order valence-corrected chi connectivity index (χ2v) is 5.76. The van der Waals surface area contributed by atoms with Crippen molar-refractivity contribution in [3.63, 3.8) is 0 Å². The van der Waals surface area contributed by atoms with Crippen LogP contribution in [-0.4, -0.2) is 21.8 Å². The zero-order chi connectivity index (χ0) is 13.9. The van der Waals surface area contributed by atoms with Gasteiger partial charge in [-0.05, 0) is 31.9 Å². The fourth-order valence-electron chi connectivity index (χ4n) is 2.28. The highest BCUT2D eigenvalue weighted by atomic mass is 16.3. The molecule has 0 spiro atoms. The van der Waals surface area contributed by atoms with Crippen molar-refractivity contribution >= 4 is 10.9 Å². The van der Waals surface area contributed by atoms with Crippen molar-refractivity contribution < 1.29 is 5.11 Å². The summed E-state index contributed by atoms with van der Waals surface area (Å²) in [4.78, 5) is 0. The summed E-state index contributed by atoms with van der Waals surface area (Å²) in [5, 5.41) is 14.0. The summed E-state index contributed by atoms with van der Waals surface area (Å²) in [6, 6.07) is 8.51. The first-order valence-electron chi connectivity index (χ1n) is 7.00. The van der Waals surface area contributed by atoms with Crippen molar-refractivity contribution in [3.8, 4) is 0 Å². The van der Waals surface area contributed by atoms with Gasteiger partial charge >= 0.3 is 0 Å². The first-order chi connectivity index (χ1) is 9.07. The van der Waals surface area contributed by atoms with Gasteiger partial charge in [-0.25, -0.2) is 0 Å². The summed E-state index contributed by atoms with van der Waals surface area (Å²) >= 11 is 0. The summed E-state index contributed by atoms with van der Waals surface area (Å²) in [5.41, 5.74) is 2.35. The second-order valence-electron chi connectivity index (χ2n) is 5.76. The van der Waals surface area contributed by atoms with Crippen LogP contribution in [0.3, 0.4) is 0 Å². The topological polar surface area (TPSA) is 37.2 Å². The molecule has 0 aliphatic heterocycles. The van der Waals surface area contributed by atoms with Crippen molar-refractivity contribution in [1.82, 2.24) is 9.88 Å². The predicted octanol–water partition coefficient (Wildman–Crippen LogP) is 2.91. The fraction of sp³-hybridized carbons (Fsp3) is 0.500. The number of nitrogens with one attached hydrogen (secondary N) is 1. The van der Waals surface area contributed by atoms with Gasteiger partial charge in [0, 0.05) is 35.7 Å². The molecular formula is C16H24N2O. The Hall–Kier alpha value is -1.32. The number of benzene rings is 1. The van der Waals surface area contributed by atoms with E-state index < -0.39 is 0 Å². The third-order valence-corrected chi connectivity index (χ3v) is 3.49. The molecule has 104 valence electrons. The molecule has 0 saturated carbocycles. The SMILES string of the molecule is CCCn1cc(CNC(C)(C)CO)c2ccccc21. The van der Waals surface area contributed by atoms with E-state index in [9.17, 15) is 5.11 Å². The molecule has 19 heavy (non-hydrogen) atoms. The van der Waals surface area contributed by atoms with Crippen molar-refractivity contribution in [2.45, 2.75) is 45.8 Å². The van der Waals surface area contributed by atoms with Crippen LogP contribution in [0.5, 0.6) is 0 Å². The molecule has 3 heteroatoms. The average Bonchev–Trinajstić information content (AvgIpc) is 2.76. The van der Waals surface area contributed by atoms with E-state index in [1.807, 2.05) is 13.8 Å². The first kappa shape index (κ1) is 14.1. The van der Waals surface area contributed by atoms with Gasteiger partial charge in [0.2, 0.25) is 0 Å². The highest BCUT2D eigenvalue weighted by Gasteiger charge is 2.16. The fourth-order valence-corrected chi connectivity index (χ4v) is 2.28. The molecule has 1 aromatic carbocycles. The first-order valence-corrected chi connectivity index (χ1v) is 7.00. The van der Waals surface area contributed by atoms with Gasteiger partial charge in [0.05, 0.1) is 6.61 Å². The number of aliphatic hydroxyl groups is 1. The third-order valence-electron chi connectivity index (χ3n) is 3.49. The highest BCUT2D eigenvalue weighted by molar-refractivity contribution is 5.83. The van der Waals surface area contributed by atoms with E-state index in [1.165, 1.54) is 16.5 Å². The molecule has 0 aliphatic rings. The van der Waals surface area contributed by atoms with Crippen LogP contribution in [0.15, 0.2) is 30.5 Å². The molecule has 1 heterocycles. The van der Waals surface area contributed by atoms with Crippen molar-refractivity contribution in [1.29, 1.82) is 0 Å². The average molecular weight is 260 g/mol. The normalized spacial score (nSPS) is 12.2. The van der Waals surface area contributed by atoms with Crippen LogP contribution in [0.25, 0.3) is 10.9 Å². The highest BCUT2D eigenvalue weighted by Crippen LogP contribution is 2.22. The maximum Gasteiger partial charge on any atom is 0.0607 e. The van der Waals surface area contributed by atoms with Crippen LogP contribution in [0, 0.1) is 0 Å². The molecule has 0 aliphatic carbocycles. The summed E-state index contributed by atoms with van der Waals surface area (Å²) < 4.78 is 2.32. The van der Waals surface area contributed by atoms with Crippen LogP contribution >= 0.6 is 0 Å². The molecular weight excluding hydrogens is 236 g/mol. The van der Waals surface area contributed by atoms with Crippen LogP contribution in [-0.2, 0) is 13.1 Å². The van der Waals surface area contributed by atoms with E-state index in [0.717, 1.165) is 19.5 Å². The molecule has 0 saturated heterocycles. The molecule has 0 radical (unpaired) electrons. The maximum absolute atomic E-state index is 9.31. The second kappa shape index (κ2) is 5.76. The third kappa shape index (κ3) is 3.17. The minimum absolute atomic E-state index is 0.139. The number of rotatable bonds is 6. The van der Waals surface area contributed by atoms with Gasteiger partial charge in [0.25, 0.3) is 0 Å². The van der Waals surface area contributed by atoms with E-state index >= 15 is 0 Å². The molecule has 2 N–H and O–H groups in total. The number of aryl methyl sites for hydroxylation is 1. The summed E-state index contributed by atoms with van der Waals surface area (Å²) in [5.74, 6) is 0. The predicted molar refractivity (Wildman–Crippen MR) is 80.2 cm³/mol. The van der Waals surface area contributed by atoms with Gasteiger partial charge in [-0.2, -0.15) is 0 Å². The maximum atomic E-state index is 9.31. The number of fused-ring (bicyclic) bond motifs is 1. The Balaban J connectivity index is 2.28. The Morgan fingerprint density at radius 2 is 2.00 bits per heavy atom. The zero-order valence-corrected chi connectivity index (χ0v) is 12.1. The van der Waals surface area contributed by atoms with Crippen LogP contribution < -0.4 is 5.32 Å². The Morgan fingerprint density at radius 1 is 1.26 bits per heavy atom. The summed E-state index contributed by atoms with van der Waals surface area (Å²) in [6.07, 6.45) is 3.36. The van der Waals surface area contributed by atoms with E-state index in [1.54, 1.807) is 0 Å². The lowest BCUT2D eigenvalue weighted by molar-refractivity contribution is 0.187. The number of para-hydroxylation sites is 1. The molecule has 0 unspecified atom stereocenters. The number of aliphatic hydroxyl groups excluding tert-OH is 1. The van der Waals surface area contributed by atoms with Gasteiger partial charge < -0.3 is 15.0 Å².